The fourth-order valence-corrected chi connectivity index (χ4v) is 2.11. The van der Waals surface area contributed by atoms with Crippen molar-refractivity contribution in [1.82, 2.24) is 0 Å². The molecule has 17 heavy (non-hydrogen) atoms. The average molecular weight is 238 g/mol. The molecule has 1 fully saturated rings. The summed E-state index contributed by atoms with van der Waals surface area (Å²) in [4.78, 5) is 0. The molecule has 0 bridgehead atoms. The van der Waals surface area contributed by atoms with Crippen LogP contribution in [-0.2, 0) is 4.74 Å². The maximum Gasteiger partial charge on any atom is 0.161 e. The number of hydrogen-bond acceptors (Lipinski definition) is 4. The Labute approximate surface area is 101 Å². The van der Waals surface area contributed by atoms with Gasteiger partial charge in [-0.1, -0.05) is 6.07 Å². The van der Waals surface area contributed by atoms with E-state index >= 15 is 0 Å². The van der Waals surface area contributed by atoms with Crippen LogP contribution >= 0.6 is 0 Å². The third-order valence-corrected chi connectivity index (χ3v) is 3.16. The molecule has 0 spiro atoms. The molecule has 1 aromatic rings. The van der Waals surface area contributed by atoms with Gasteiger partial charge in [-0.3, -0.25) is 0 Å². The summed E-state index contributed by atoms with van der Waals surface area (Å²) in [6.45, 7) is 1.35. The first-order valence-corrected chi connectivity index (χ1v) is 5.74. The smallest absolute Gasteiger partial charge is 0.161 e. The summed E-state index contributed by atoms with van der Waals surface area (Å²) in [5.74, 6) is 1.49. The van der Waals surface area contributed by atoms with Crippen LogP contribution in [0.2, 0.25) is 0 Å². The van der Waals surface area contributed by atoms with Crippen LogP contribution in [0.5, 0.6) is 11.5 Å². The Morgan fingerprint density at radius 2 is 2.06 bits per heavy atom. The van der Waals surface area contributed by atoms with Crippen molar-refractivity contribution < 1.29 is 19.3 Å². The van der Waals surface area contributed by atoms with Gasteiger partial charge in [0.05, 0.1) is 26.9 Å². The molecule has 0 aromatic heterocycles. The minimum atomic E-state index is -0.502. The van der Waals surface area contributed by atoms with Crippen molar-refractivity contribution in [2.24, 2.45) is 5.92 Å². The van der Waals surface area contributed by atoms with Gasteiger partial charge in [-0.2, -0.15) is 0 Å². The number of methoxy groups -OCH3 is 2. The van der Waals surface area contributed by atoms with E-state index in [0.29, 0.717) is 18.1 Å². The molecule has 1 heterocycles. The van der Waals surface area contributed by atoms with Gasteiger partial charge in [-0.05, 0) is 24.1 Å². The lowest BCUT2D eigenvalue weighted by atomic mass is 9.95. The second kappa shape index (κ2) is 5.38. The molecule has 2 unspecified atom stereocenters. The van der Waals surface area contributed by atoms with Gasteiger partial charge in [-0.15, -0.1) is 0 Å². The Morgan fingerprint density at radius 3 is 2.65 bits per heavy atom. The van der Waals surface area contributed by atoms with Crippen molar-refractivity contribution in [3.63, 3.8) is 0 Å². The minimum absolute atomic E-state index is 0.174. The van der Waals surface area contributed by atoms with Crippen molar-refractivity contribution in [3.05, 3.63) is 23.8 Å². The van der Waals surface area contributed by atoms with Crippen molar-refractivity contribution in [3.8, 4) is 11.5 Å². The summed E-state index contributed by atoms with van der Waals surface area (Å²) in [5.41, 5.74) is 0.846. The molecule has 2 atom stereocenters. The maximum atomic E-state index is 10.2. The van der Waals surface area contributed by atoms with Gasteiger partial charge < -0.3 is 19.3 Å². The van der Waals surface area contributed by atoms with Gasteiger partial charge in [-0.25, -0.2) is 0 Å². The molecule has 1 N–H and O–H groups in total. The van der Waals surface area contributed by atoms with Crippen LogP contribution in [0.4, 0.5) is 0 Å². The molecular formula is C13H18O4. The Kier molecular flexibility index (Phi) is 3.86. The molecule has 1 aliphatic rings. The maximum absolute atomic E-state index is 10.2. The van der Waals surface area contributed by atoms with Crippen LogP contribution in [0, 0.1) is 5.92 Å². The van der Waals surface area contributed by atoms with Gasteiger partial charge in [0.25, 0.3) is 0 Å². The summed E-state index contributed by atoms with van der Waals surface area (Å²) in [5, 5.41) is 10.2. The van der Waals surface area contributed by atoms with Crippen molar-refractivity contribution >= 4 is 0 Å². The van der Waals surface area contributed by atoms with E-state index < -0.39 is 6.10 Å². The van der Waals surface area contributed by atoms with Crippen molar-refractivity contribution in [2.75, 3.05) is 27.4 Å². The van der Waals surface area contributed by atoms with Crippen LogP contribution in [-0.4, -0.2) is 32.5 Å². The fraction of sp³-hybridized carbons (Fsp3) is 0.538. The van der Waals surface area contributed by atoms with Gasteiger partial charge in [0.1, 0.15) is 0 Å². The van der Waals surface area contributed by atoms with E-state index in [4.69, 9.17) is 14.2 Å². The number of aliphatic hydroxyl groups excluding tert-OH is 1. The number of aliphatic hydroxyl groups is 1. The average Bonchev–Trinajstić information content (AvgIpc) is 2.90. The minimum Gasteiger partial charge on any atom is -0.493 e. The SMILES string of the molecule is COc1ccc(C(O)C2CCOC2)cc1OC. The topological polar surface area (TPSA) is 47.9 Å². The van der Waals surface area contributed by atoms with E-state index in [1.165, 1.54) is 0 Å². The molecule has 1 saturated heterocycles. The zero-order chi connectivity index (χ0) is 12.3. The summed E-state index contributed by atoms with van der Waals surface area (Å²) < 4.78 is 15.7. The lowest BCUT2D eigenvalue weighted by Gasteiger charge is -2.18. The third-order valence-electron chi connectivity index (χ3n) is 3.16. The summed E-state index contributed by atoms with van der Waals surface area (Å²) >= 11 is 0. The fourth-order valence-electron chi connectivity index (χ4n) is 2.11. The highest BCUT2D eigenvalue weighted by Gasteiger charge is 2.25. The van der Waals surface area contributed by atoms with Crippen LogP contribution in [0.1, 0.15) is 18.1 Å². The summed E-state index contributed by atoms with van der Waals surface area (Å²) in [7, 11) is 3.19. The van der Waals surface area contributed by atoms with Gasteiger partial charge in [0.2, 0.25) is 0 Å². The largest absolute Gasteiger partial charge is 0.493 e. The summed E-state index contributed by atoms with van der Waals surface area (Å²) in [6, 6.07) is 5.50. The Balaban J connectivity index is 2.20. The van der Waals surface area contributed by atoms with E-state index in [2.05, 4.69) is 0 Å². The molecule has 0 radical (unpaired) electrons. The predicted octanol–water partition coefficient (Wildman–Crippen LogP) is 1.77. The summed E-state index contributed by atoms with van der Waals surface area (Å²) in [6.07, 6.45) is 0.396. The molecule has 0 amide bonds. The van der Waals surface area contributed by atoms with E-state index in [1.807, 2.05) is 18.2 Å². The molecule has 0 aliphatic carbocycles. The molecule has 94 valence electrons. The first-order chi connectivity index (χ1) is 8.26. The number of rotatable bonds is 4. The highest BCUT2D eigenvalue weighted by atomic mass is 16.5. The van der Waals surface area contributed by atoms with Crippen molar-refractivity contribution in [2.45, 2.75) is 12.5 Å². The zero-order valence-electron chi connectivity index (χ0n) is 10.2. The van der Waals surface area contributed by atoms with Gasteiger partial charge >= 0.3 is 0 Å². The molecule has 4 heteroatoms. The highest BCUT2D eigenvalue weighted by molar-refractivity contribution is 5.43. The van der Waals surface area contributed by atoms with Gasteiger partial charge in [0.15, 0.2) is 11.5 Å². The molecular weight excluding hydrogens is 220 g/mol. The zero-order valence-corrected chi connectivity index (χ0v) is 10.2. The van der Waals surface area contributed by atoms with E-state index in [0.717, 1.165) is 18.6 Å². The van der Waals surface area contributed by atoms with Crippen LogP contribution in [0.3, 0.4) is 0 Å². The second-order valence-corrected chi connectivity index (χ2v) is 4.18. The molecule has 1 aliphatic heterocycles. The first kappa shape index (κ1) is 12.2. The lowest BCUT2D eigenvalue weighted by molar-refractivity contribution is 0.0915. The van der Waals surface area contributed by atoms with Crippen molar-refractivity contribution in [1.29, 1.82) is 0 Å². The number of benzene rings is 1. The Bertz CT molecular complexity index is 372. The number of ether oxygens (including phenoxy) is 3. The predicted molar refractivity (Wildman–Crippen MR) is 63.4 cm³/mol. The Hall–Kier alpha value is -1.26. The molecule has 4 nitrogen and oxygen atoms in total. The monoisotopic (exact) mass is 238 g/mol. The third kappa shape index (κ3) is 2.53. The lowest BCUT2D eigenvalue weighted by Crippen LogP contribution is -2.12. The van der Waals surface area contributed by atoms with E-state index in [1.54, 1.807) is 14.2 Å². The van der Waals surface area contributed by atoms with E-state index in [9.17, 15) is 5.11 Å². The number of hydrogen-bond donors (Lipinski definition) is 1. The molecule has 1 aromatic carbocycles. The standard InChI is InChI=1S/C13H18O4/c1-15-11-4-3-9(7-12(11)16-2)13(14)10-5-6-17-8-10/h3-4,7,10,13-14H,5-6,8H2,1-2H3. The second-order valence-electron chi connectivity index (χ2n) is 4.18. The first-order valence-electron chi connectivity index (χ1n) is 5.74. The highest BCUT2D eigenvalue weighted by Crippen LogP contribution is 2.34. The normalized spacial score (nSPS) is 21.2. The van der Waals surface area contributed by atoms with Crippen LogP contribution in [0.25, 0.3) is 0 Å². The van der Waals surface area contributed by atoms with Crippen LogP contribution in [0.15, 0.2) is 18.2 Å². The molecule has 0 saturated carbocycles. The Morgan fingerprint density at radius 1 is 1.29 bits per heavy atom. The van der Waals surface area contributed by atoms with Crippen LogP contribution < -0.4 is 9.47 Å². The quantitative estimate of drug-likeness (QED) is 0.868. The van der Waals surface area contributed by atoms with Gasteiger partial charge in [0, 0.05) is 12.5 Å². The molecule has 2 rings (SSSR count). The van der Waals surface area contributed by atoms with E-state index in [-0.39, 0.29) is 5.92 Å².